The van der Waals surface area contributed by atoms with Crippen LogP contribution in [-0.4, -0.2) is 50.8 Å². The van der Waals surface area contributed by atoms with Crippen LogP contribution in [-0.2, 0) is 16.3 Å². The summed E-state index contributed by atoms with van der Waals surface area (Å²) in [5, 5.41) is 2.43. The number of benzene rings is 5. The molecule has 2 aliphatic heterocycles. The highest BCUT2D eigenvalue weighted by Gasteiger charge is 2.66. The van der Waals surface area contributed by atoms with Crippen LogP contribution in [0.5, 0.6) is 5.75 Å². The Balaban J connectivity index is 1.23. The van der Waals surface area contributed by atoms with Crippen LogP contribution in [0.4, 0.5) is 5.69 Å². The van der Waals surface area contributed by atoms with Crippen molar-refractivity contribution < 1.29 is 9.16 Å². The lowest BCUT2D eigenvalue weighted by molar-refractivity contribution is -0.0403. The van der Waals surface area contributed by atoms with E-state index in [4.69, 9.17) is 14.2 Å². The van der Waals surface area contributed by atoms with Crippen molar-refractivity contribution in [3.05, 3.63) is 168 Å². The maximum atomic E-state index is 7.92. The van der Waals surface area contributed by atoms with Crippen LogP contribution in [0, 0.1) is 5.92 Å². The SMILES string of the molecule is CN1CC[C@]23c4c5ccc(N=C(c6ccccc6)c6ccccc6)c4O[C@H]2[C@@H](O[Si](c2ccccc2)(c2ccccc2)C(C)(C)C)C=C[C@H]3[C@H]1C5. The number of piperidine rings is 1. The van der Waals surface area contributed by atoms with E-state index in [0.29, 0.717) is 12.0 Å². The molecule has 0 unspecified atom stereocenters. The average molecular weight is 687 g/mol. The molecule has 0 N–H and O–H groups in total. The fourth-order valence-electron chi connectivity index (χ4n) is 9.91. The zero-order valence-electron chi connectivity index (χ0n) is 30.0. The van der Waals surface area contributed by atoms with Crippen molar-refractivity contribution in [2.45, 2.75) is 62.3 Å². The van der Waals surface area contributed by atoms with Gasteiger partial charge in [0.1, 0.15) is 23.6 Å². The lowest BCUT2D eigenvalue weighted by Gasteiger charge is -2.58. The molecule has 0 amide bonds. The molecule has 2 bridgehead atoms. The van der Waals surface area contributed by atoms with Crippen molar-refractivity contribution in [2.75, 3.05) is 13.6 Å². The fraction of sp³-hybridized carbons (Fsp3) is 0.283. The van der Waals surface area contributed by atoms with Gasteiger partial charge in [-0.3, -0.25) is 0 Å². The van der Waals surface area contributed by atoms with Crippen molar-refractivity contribution in [2.24, 2.45) is 10.9 Å². The molecule has 5 heteroatoms. The largest absolute Gasteiger partial charge is 0.484 e. The molecular formula is C46H46N2O2Si. The van der Waals surface area contributed by atoms with Gasteiger partial charge < -0.3 is 14.1 Å². The van der Waals surface area contributed by atoms with Crippen LogP contribution in [0.2, 0.25) is 5.04 Å². The second-order valence-corrected chi connectivity index (χ2v) is 20.1. The standard InChI is InChI=1S/C46H46N2O2Si/c1-45(2,3)51(35-21-13-7-14-22-35,36-23-15-8-16-24-36)50-40-28-26-37-39-31-34-25-27-38(43-41(34)46(37,44(40)49-43)29-30-48(39)4)47-42(32-17-9-5-10-18-32)33-19-11-6-12-20-33/h5-28,37,39-40,44H,29-31H2,1-4H3/t37-,39+,40-,44-,46-/m0/s1. The summed E-state index contributed by atoms with van der Waals surface area (Å²) in [6.45, 7) is 8.13. The van der Waals surface area contributed by atoms with Crippen molar-refractivity contribution in [1.29, 1.82) is 0 Å². The minimum Gasteiger partial charge on any atom is -0.484 e. The summed E-state index contributed by atoms with van der Waals surface area (Å²) in [6.07, 6.45) is 6.54. The molecule has 256 valence electrons. The van der Waals surface area contributed by atoms with Crippen molar-refractivity contribution in [3.8, 4) is 5.75 Å². The molecule has 1 saturated heterocycles. The van der Waals surface area contributed by atoms with Gasteiger partial charge in [0.25, 0.3) is 8.32 Å². The first-order valence-corrected chi connectivity index (χ1v) is 20.4. The highest BCUT2D eigenvalue weighted by molar-refractivity contribution is 6.99. The summed E-state index contributed by atoms with van der Waals surface area (Å²) >= 11 is 0. The van der Waals surface area contributed by atoms with E-state index in [2.05, 4.69) is 178 Å². The molecule has 4 aliphatic rings. The summed E-state index contributed by atoms with van der Waals surface area (Å²) in [5.41, 5.74) is 6.64. The Labute approximate surface area is 303 Å². The number of rotatable bonds is 7. The van der Waals surface area contributed by atoms with Crippen molar-refractivity contribution in [1.82, 2.24) is 4.90 Å². The predicted molar refractivity (Wildman–Crippen MR) is 211 cm³/mol. The molecular weight excluding hydrogens is 641 g/mol. The number of likely N-dealkylation sites (N-methyl/N-ethyl adjacent to an activating group) is 1. The summed E-state index contributed by atoms with van der Waals surface area (Å²) in [5.74, 6) is 1.30. The quantitative estimate of drug-likeness (QED) is 0.0983. The van der Waals surface area contributed by atoms with E-state index in [9.17, 15) is 0 Å². The van der Waals surface area contributed by atoms with Crippen LogP contribution in [0.3, 0.4) is 0 Å². The molecule has 5 atom stereocenters. The van der Waals surface area contributed by atoms with Gasteiger partial charge in [0.2, 0.25) is 0 Å². The Morgan fingerprint density at radius 2 is 1.33 bits per heavy atom. The van der Waals surface area contributed by atoms with E-state index in [-0.39, 0.29) is 22.7 Å². The third-order valence-corrected chi connectivity index (χ3v) is 17.2. The summed E-state index contributed by atoms with van der Waals surface area (Å²) in [6, 6.07) is 48.1. The first-order chi connectivity index (χ1) is 24.8. The first-order valence-electron chi connectivity index (χ1n) is 18.5. The van der Waals surface area contributed by atoms with Gasteiger partial charge in [-0.25, -0.2) is 4.99 Å². The zero-order valence-corrected chi connectivity index (χ0v) is 31.0. The fourth-order valence-corrected chi connectivity index (χ4v) is 14.5. The smallest absolute Gasteiger partial charge is 0.262 e. The predicted octanol–water partition coefficient (Wildman–Crippen LogP) is 8.25. The van der Waals surface area contributed by atoms with E-state index in [1.165, 1.54) is 21.5 Å². The van der Waals surface area contributed by atoms with Gasteiger partial charge in [-0.2, -0.15) is 0 Å². The molecule has 1 spiro atoms. The highest BCUT2D eigenvalue weighted by atomic mass is 28.4. The lowest BCUT2D eigenvalue weighted by Crippen LogP contribution is -2.71. The third kappa shape index (κ3) is 4.97. The second kappa shape index (κ2) is 12.3. The van der Waals surface area contributed by atoms with Gasteiger partial charge in [0.15, 0.2) is 0 Å². The number of ether oxygens (including phenoxy) is 1. The van der Waals surface area contributed by atoms with Gasteiger partial charge in [-0.15, -0.1) is 0 Å². The van der Waals surface area contributed by atoms with Gasteiger partial charge in [-0.05, 0) is 53.5 Å². The Morgan fingerprint density at radius 3 is 1.90 bits per heavy atom. The van der Waals surface area contributed by atoms with Gasteiger partial charge in [0.05, 0.1) is 5.71 Å². The molecule has 51 heavy (non-hydrogen) atoms. The lowest BCUT2D eigenvalue weighted by atomic mass is 9.53. The first kappa shape index (κ1) is 32.4. The van der Waals surface area contributed by atoms with Gasteiger partial charge in [-0.1, -0.05) is 160 Å². The number of likely N-dealkylation sites (tertiary alicyclic amines) is 1. The maximum absolute atomic E-state index is 7.92. The third-order valence-electron chi connectivity index (χ3n) is 12.2. The van der Waals surface area contributed by atoms with Gasteiger partial charge >= 0.3 is 0 Å². The van der Waals surface area contributed by atoms with E-state index in [0.717, 1.165) is 47.7 Å². The van der Waals surface area contributed by atoms with Crippen molar-refractivity contribution >= 4 is 30.1 Å². The average Bonchev–Trinajstić information content (AvgIpc) is 3.52. The maximum Gasteiger partial charge on any atom is 0.262 e. The Bertz CT molecular complexity index is 2030. The second-order valence-electron chi connectivity index (χ2n) is 15.9. The van der Waals surface area contributed by atoms with Gasteiger partial charge in [0, 0.05) is 34.1 Å². The van der Waals surface area contributed by atoms with Crippen LogP contribution >= 0.6 is 0 Å². The van der Waals surface area contributed by atoms with Crippen LogP contribution < -0.4 is 15.1 Å². The van der Waals surface area contributed by atoms with E-state index >= 15 is 0 Å². The highest BCUT2D eigenvalue weighted by Crippen LogP contribution is 2.63. The van der Waals surface area contributed by atoms with Crippen LogP contribution in [0.25, 0.3) is 0 Å². The van der Waals surface area contributed by atoms with E-state index in [1.54, 1.807) is 0 Å². The molecule has 0 aromatic heterocycles. The normalized spacial score (nSPS) is 24.8. The molecule has 2 aliphatic carbocycles. The topological polar surface area (TPSA) is 34.1 Å². The van der Waals surface area contributed by atoms with Crippen molar-refractivity contribution in [3.63, 3.8) is 0 Å². The summed E-state index contributed by atoms with van der Waals surface area (Å²) < 4.78 is 15.4. The number of hydrogen-bond donors (Lipinski definition) is 0. The zero-order chi connectivity index (χ0) is 34.8. The van der Waals surface area contributed by atoms with E-state index < -0.39 is 8.32 Å². The minimum atomic E-state index is -2.87. The summed E-state index contributed by atoms with van der Waals surface area (Å²) in [4.78, 5) is 8.08. The number of aliphatic imine (C=N–C) groups is 1. The summed E-state index contributed by atoms with van der Waals surface area (Å²) in [7, 11) is -0.570. The van der Waals surface area contributed by atoms with E-state index in [1.807, 2.05) is 0 Å². The molecule has 4 nitrogen and oxygen atoms in total. The monoisotopic (exact) mass is 686 g/mol. The molecule has 2 heterocycles. The Morgan fingerprint density at radius 1 is 0.765 bits per heavy atom. The Hall–Kier alpha value is -4.55. The van der Waals surface area contributed by atoms with Crippen LogP contribution in [0.15, 0.2) is 151 Å². The molecule has 5 aromatic rings. The molecule has 9 rings (SSSR count). The Kier molecular flexibility index (Phi) is 7.80. The molecule has 5 aromatic carbocycles. The molecule has 1 fully saturated rings. The number of hydrogen-bond acceptors (Lipinski definition) is 4. The minimum absolute atomic E-state index is 0.147. The van der Waals surface area contributed by atoms with Crippen LogP contribution in [0.1, 0.15) is 49.4 Å². The number of nitrogens with zero attached hydrogens (tertiary/aromatic N) is 2. The molecule has 0 radical (unpaired) electrons. The molecule has 0 saturated carbocycles.